The van der Waals surface area contributed by atoms with E-state index < -0.39 is 0 Å². The first-order valence-corrected chi connectivity index (χ1v) is 6.58. The summed E-state index contributed by atoms with van der Waals surface area (Å²) >= 11 is 0. The zero-order chi connectivity index (χ0) is 13.0. The van der Waals surface area contributed by atoms with Crippen molar-refractivity contribution in [2.75, 3.05) is 5.32 Å². The highest BCUT2D eigenvalue weighted by atomic mass is 14.9. The van der Waals surface area contributed by atoms with Gasteiger partial charge < -0.3 is 5.32 Å². The van der Waals surface area contributed by atoms with E-state index in [0.717, 1.165) is 13.0 Å². The smallest absolute Gasteiger partial charge is 0.0406 e. The van der Waals surface area contributed by atoms with Crippen molar-refractivity contribution in [3.8, 4) is 0 Å². The second-order valence-electron chi connectivity index (χ2n) is 4.78. The lowest BCUT2D eigenvalue weighted by molar-refractivity contribution is 1.08. The van der Waals surface area contributed by atoms with E-state index >= 15 is 0 Å². The van der Waals surface area contributed by atoms with Crippen molar-refractivity contribution < 1.29 is 0 Å². The summed E-state index contributed by atoms with van der Waals surface area (Å²) in [6, 6.07) is 15.1. The fraction of sp³-hybridized carbons (Fsp3) is 0.294. The van der Waals surface area contributed by atoms with Gasteiger partial charge in [0.1, 0.15) is 0 Å². The van der Waals surface area contributed by atoms with Crippen LogP contribution in [0.5, 0.6) is 0 Å². The van der Waals surface area contributed by atoms with Crippen LogP contribution in [0.2, 0.25) is 0 Å². The molecule has 94 valence electrons. The second-order valence-corrected chi connectivity index (χ2v) is 4.78. The molecule has 1 N–H and O–H groups in total. The Balaban J connectivity index is 2.11. The highest BCUT2D eigenvalue weighted by Crippen LogP contribution is 2.17. The Morgan fingerprint density at radius 3 is 2.28 bits per heavy atom. The van der Waals surface area contributed by atoms with E-state index in [1.807, 2.05) is 0 Å². The average Bonchev–Trinajstić information content (AvgIpc) is 2.38. The highest BCUT2D eigenvalue weighted by Gasteiger charge is 2.02. The van der Waals surface area contributed by atoms with Crippen molar-refractivity contribution in [3.05, 3.63) is 64.7 Å². The van der Waals surface area contributed by atoms with E-state index in [4.69, 9.17) is 0 Å². The Morgan fingerprint density at radius 2 is 1.61 bits per heavy atom. The standard InChI is InChI=1S/C17H21N/c1-4-15-9-6-10-16(11-15)18-12-17-13(2)7-5-8-14(17)3/h5-11,18H,4,12H2,1-3H3. The summed E-state index contributed by atoms with van der Waals surface area (Å²) < 4.78 is 0. The Morgan fingerprint density at radius 1 is 0.944 bits per heavy atom. The van der Waals surface area contributed by atoms with Crippen LogP contribution in [-0.2, 0) is 13.0 Å². The van der Waals surface area contributed by atoms with Gasteiger partial charge in [-0.1, -0.05) is 37.3 Å². The number of anilines is 1. The maximum atomic E-state index is 3.52. The minimum Gasteiger partial charge on any atom is -0.381 e. The van der Waals surface area contributed by atoms with Crippen molar-refractivity contribution in [2.45, 2.75) is 33.7 Å². The summed E-state index contributed by atoms with van der Waals surface area (Å²) in [4.78, 5) is 0. The first-order chi connectivity index (χ1) is 8.70. The molecule has 0 saturated heterocycles. The van der Waals surface area contributed by atoms with E-state index in [1.165, 1.54) is 27.9 Å². The predicted octanol–water partition coefficient (Wildman–Crippen LogP) is 4.48. The summed E-state index contributed by atoms with van der Waals surface area (Å²) in [5.74, 6) is 0. The number of aryl methyl sites for hydroxylation is 3. The predicted molar refractivity (Wildman–Crippen MR) is 79.1 cm³/mol. The number of rotatable bonds is 4. The molecule has 0 aliphatic rings. The molecule has 0 bridgehead atoms. The lowest BCUT2D eigenvalue weighted by Crippen LogP contribution is -2.03. The maximum Gasteiger partial charge on any atom is 0.0406 e. The van der Waals surface area contributed by atoms with Crippen LogP contribution in [0.3, 0.4) is 0 Å². The zero-order valence-electron chi connectivity index (χ0n) is 11.5. The summed E-state index contributed by atoms with van der Waals surface area (Å²) in [6.45, 7) is 7.43. The molecule has 0 heterocycles. The van der Waals surface area contributed by atoms with E-state index in [2.05, 4.69) is 68.6 Å². The normalized spacial score (nSPS) is 10.4. The van der Waals surface area contributed by atoms with Crippen molar-refractivity contribution in [1.82, 2.24) is 0 Å². The van der Waals surface area contributed by atoms with Crippen LogP contribution in [0, 0.1) is 13.8 Å². The lowest BCUT2D eigenvalue weighted by atomic mass is 10.0. The molecule has 0 unspecified atom stereocenters. The molecule has 2 aromatic carbocycles. The van der Waals surface area contributed by atoms with Gasteiger partial charge in [-0.25, -0.2) is 0 Å². The molecule has 0 spiro atoms. The number of hydrogen-bond donors (Lipinski definition) is 1. The molecular formula is C17H21N. The monoisotopic (exact) mass is 239 g/mol. The van der Waals surface area contributed by atoms with Crippen molar-refractivity contribution in [1.29, 1.82) is 0 Å². The van der Waals surface area contributed by atoms with Gasteiger partial charge in [0.25, 0.3) is 0 Å². The van der Waals surface area contributed by atoms with Crippen LogP contribution in [0.1, 0.15) is 29.2 Å². The van der Waals surface area contributed by atoms with Crippen LogP contribution < -0.4 is 5.32 Å². The van der Waals surface area contributed by atoms with Gasteiger partial charge in [0.05, 0.1) is 0 Å². The Hall–Kier alpha value is -1.76. The van der Waals surface area contributed by atoms with Crippen LogP contribution in [0.15, 0.2) is 42.5 Å². The topological polar surface area (TPSA) is 12.0 Å². The number of nitrogens with one attached hydrogen (secondary N) is 1. The summed E-state index contributed by atoms with van der Waals surface area (Å²) in [5.41, 5.74) is 6.70. The van der Waals surface area contributed by atoms with Crippen LogP contribution in [0.25, 0.3) is 0 Å². The van der Waals surface area contributed by atoms with Crippen LogP contribution in [-0.4, -0.2) is 0 Å². The van der Waals surface area contributed by atoms with Gasteiger partial charge >= 0.3 is 0 Å². The van der Waals surface area contributed by atoms with E-state index in [1.54, 1.807) is 0 Å². The molecule has 2 aromatic rings. The molecule has 18 heavy (non-hydrogen) atoms. The third kappa shape index (κ3) is 2.92. The molecule has 0 radical (unpaired) electrons. The van der Waals surface area contributed by atoms with Gasteiger partial charge in [-0.2, -0.15) is 0 Å². The van der Waals surface area contributed by atoms with Crippen molar-refractivity contribution in [3.63, 3.8) is 0 Å². The largest absolute Gasteiger partial charge is 0.381 e. The van der Waals surface area contributed by atoms with E-state index in [9.17, 15) is 0 Å². The first kappa shape index (κ1) is 12.7. The van der Waals surface area contributed by atoms with Gasteiger partial charge in [0.2, 0.25) is 0 Å². The quantitative estimate of drug-likeness (QED) is 0.829. The van der Waals surface area contributed by atoms with Gasteiger partial charge in [-0.05, 0) is 54.7 Å². The Kier molecular flexibility index (Phi) is 4.03. The molecule has 0 fully saturated rings. The van der Waals surface area contributed by atoms with Crippen LogP contribution >= 0.6 is 0 Å². The molecule has 0 aliphatic heterocycles. The van der Waals surface area contributed by atoms with E-state index in [0.29, 0.717) is 0 Å². The molecule has 1 heteroatoms. The summed E-state index contributed by atoms with van der Waals surface area (Å²) in [6.07, 6.45) is 1.08. The highest BCUT2D eigenvalue weighted by molar-refractivity contribution is 5.47. The van der Waals surface area contributed by atoms with Gasteiger partial charge in [-0.3, -0.25) is 0 Å². The minimum absolute atomic E-state index is 0.895. The maximum absolute atomic E-state index is 3.52. The lowest BCUT2D eigenvalue weighted by Gasteiger charge is -2.12. The van der Waals surface area contributed by atoms with Crippen molar-refractivity contribution in [2.24, 2.45) is 0 Å². The van der Waals surface area contributed by atoms with Gasteiger partial charge in [0.15, 0.2) is 0 Å². The first-order valence-electron chi connectivity index (χ1n) is 6.58. The third-order valence-electron chi connectivity index (χ3n) is 3.45. The molecule has 0 saturated carbocycles. The summed E-state index contributed by atoms with van der Waals surface area (Å²) in [5, 5.41) is 3.52. The van der Waals surface area contributed by atoms with E-state index in [-0.39, 0.29) is 0 Å². The number of hydrogen-bond acceptors (Lipinski definition) is 1. The Bertz CT molecular complexity index is 509. The molecule has 0 atom stereocenters. The summed E-state index contributed by atoms with van der Waals surface area (Å²) in [7, 11) is 0. The molecule has 0 aliphatic carbocycles. The average molecular weight is 239 g/mol. The molecular weight excluding hydrogens is 218 g/mol. The van der Waals surface area contributed by atoms with Gasteiger partial charge in [0, 0.05) is 12.2 Å². The Labute approximate surface area is 110 Å². The zero-order valence-corrected chi connectivity index (χ0v) is 11.5. The second kappa shape index (κ2) is 5.72. The molecule has 0 aromatic heterocycles. The van der Waals surface area contributed by atoms with Gasteiger partial charge in [-0.15, -0.1) is 0 Å². The fourth-order valence-electron chi connectivity index (χ4n) is 2.22. The molecule has 0 amide bonds. The fourth-order valence-corrected chi connectivity index (χ4v) is 2.22. The minimum atomic E-state index is 0.895. The third-order valence-corrected chi connectivity index (χ3v) is 3.45. The number of benzene rings is 2. The molecule has 2 rings (SSSR count). The molecule has 1 nitrogen and oxygen atoms in total. The SMILES string of the molecule is CCc1cccc(NCc2c(C)cccc2C)c1. The van der Waals surface area contributed by atoms with Crippen LogP contribution in [0.4, 0.5) is 5.69 Å². The van der Waals surface area contributed by atoms with Crippen molar-refractivity contribution >= 4 is 5.69 Å².